The molecule has 0 bridgehead atoms. The molecule has 17 heavy (non-hydrogen) atoms. The second-order valence-corrected chi connectivity index (χ2v) is 5.05. The van der Waals surface area contributed by atoms with Gasteiger partial charge in [-0.05, 0) is 25.5 Å². The molecule has 2 heterocycles. The van der Waals surface area contributed by atoms with Gasteiger partial charge in [0.25, 0.3) is 0 Å². The third kappa shape index (κ3) is 3.41. The lowest BCUT2D eigenvalue weighted by molar-refractivity contribution is -0.388. The topological polar surface area (TPSA) is 68.1 Å². The molecular weight excluding hydrogens is 238 g/mol. The molecule has 1 saturated heterocycles. The fourth-order valence-corrected chi connectivity index (χ4v) is 2.95. The highest BCUT2D eigenvalue weighted by molar-refractivity contribution is 7.99. The monoisotopic (exact) mass is 253 g/mol. The van der Waals surface area contributed by atoms with E-state index in [4.69, 9.17) is 0 Å². The first-order valence-corrected chi connectivity index (χ1v) is 6.71. The van der Waals surface area contributed by atoms with E-state index >= 15 is 0 Å². The Bertz CT molecular complexity index is 394. The second-order valence-electron chi connectivity index (χ2n) is 4.04. The van der Waals surface area contributed by atoms with Crippen molar-refractivity contribution in [1.82, 2.24) is 10.3 Å². The van der Waals surface area contributed by atoms with Crippen LogP contribution in [0.4, 0.5) is 5.69 Å². The summed E-state index contributed by atoms with van der Waals surface area (Å²) in [6, 6.07) is 3.56. The van der Waals surface area contributed by atoms with E-state index in [1.165, 1.54) is 30.7 Å². The number of nitrogens with zero attached hydrogens (tertiary/aromatic N) is 2. The van der Waals surface area contributed by atoms with Gasteiger partial charge in [-0.1, -0.05) is 18.2 Å². The first-order valence-electron chi connectivity index (χ1n) is 5.73. The quantitative estimate of drug-likeness (QED) is 0.506. The maximum Gasteiger partial charge on any atom is 0.301 e. The summed E-state index contributed by atoms with van der Waals surface area (Å²) in [5.74, 6) is 0.845. The normalized spacial score (nSPS) is 20.1. The largest absolute Gasteiger partial charge is 0.313 e. The van der Waals surface area contributed by atoms with Gasteiger partial charge in [0, 0.05) is 24.1 Å². The summed E-state index contributed by atoms with van der Waals surface area (Å²) < 4.78 is 0. The summed E-state index contributed by atoms with van der Waals surface area (Å²) in [5.41, 5.74) is 0.105. The molecule has 2 rings (SSSR count). The molecule has 0 amide bonds. The Kier molecular flexibility index (Phi) is 4.33. The first kappa shape index (κ1) is 12.3. The van der Waals surface area contributed by atoms with Crippen molar-refractivity contribution in [2.45, 2.75) is 30.3 Å². The number of nitro groups is 1. The Morgan fingerprint density at radius 3 is 3.18 bits per heavy atom. The summed E-state index contributed by atoms with van der Waals surface area (Å²) >= 11 is 1.47. The van der Waals surface area contributed by atoms with Gasteiger partial charge in [0.2, 0.25) is 0 Å². The van der Waals surface area contributed by atoms with Crippen LogP contribution in [0.25, 0.3) is 0 Å². The van der Waals surface area contributed by atoms with Crippen LogP contribution in [-0.2, 0) is 0 Å². The number of nitrogens with one attached hydrogen (secondary N) is 1. The molecule has 0 spiro atoms. The molecule has 0 radical (unpaired) electrons. The average molecular weight is 253 g/mol. The van der Waals surface area contributed by atoms with Crippen molar-refractivity contribution < 1.29 is 4.92 Å². The smallest absolute Gasteiger partial charge is 0.301 e. The molecule has 0 aromatic carbocycles. The van der Waals surface area contributed by atoms with Gasteiger partial charge in [0.1, 0.15) is 0 Å². The zero-order valence-corrected chi connectivity index (χ0v) is 10.3. The van der Waals surface area contributed by atoms with Gasteiger partial charge in [0.05, 0.1) is 4.92 Å². The lowest BCUT2D eigenvalue weighted by Crippen LogP contribution is -2.35. The summed E-state index contributed by atoms with van der Waals surface area (Å²) in [6.07, 6.45) is 5.21. The fraction of sp³-hybridized carbons (Fsp3) is 0.545. The Balaban J connectivity index is 1.96. The third-order valence-electron chi connectivity index (χ3n) is 2.78. The van der Waals surface area contributed by atoms with Gasteiger partial charge < -0.3 is 5.32 Å². The number of piperidine rings is 1. The van der Waals surface area contributed by atoms with Crippen LogP contribution < -0.4 is 5.32 Å². The third-order valence-corrected chi connectivity index (χ3v) is 3.94. The summed E-state index contributed by atoms with van der Waals surface area (Å²) in [5, 5.41) is 14.7. The minimum Gasteiger partial charge on any atom is -0.313 e. The van der Waals surface area contributed by atoms with Crippen molar-refractivity contribution in [1.29, 1.82) is 0 Å². The van der Waals surface area contributed by atoms with Crippen LogP contribution in [-0.4, -0.2) is 28.2 Å². The first-order chi connectivity index (χ1) is 8.27. The van der Waals surface area contributed by atoms with Crippen LogP contribution in [0.2, 0.25) is 0 Å². The van der Waals surface area contributed by atoms with E-state index < -0.39 is 0 Å². The highest BCUT2D eigenvalue weighted by Gasteiger charge is 2.18. The van der Waals surface area contributed by atoms with Crippen LogP contribution >= 0.6 is 11.8 Å². The van der Waals surface area contributed by atoms with Gasteiger partial charge >= 0.3 is 5.69 Å². The molecule has 6 heteroatoms. The number of aromatic nitrogens is 1. The van der Waals surface area contributed by atoms with Crippen LogP contribution in [0.5, 0.6) is 0 Å². The number of rotatable bonds is 4. The van der Waals surface area contributed by atoms with Crippen molar-refractivity contribution in [2.24, 2.45) is 0 Å². The van der Waals surface area contributed by atoms with Crippen molar-refractivity contribution >= 4 is 17.4 Å². The number of thioether (sulfide) groups is 1. The summed E-state index contributed by atoms with van der Waals surface area (Å²) in [7, 11) is 0. The lowest BCUT2D eigenvalue weighted by atomic mass is 10.1. The molecule has 1 fully saturated rings. The Hall–Kier alpha value is -1.14. The molecule has 1 aliphatic rings. The van der Waals surface area contributed by atoms with Crippen LogP contribution in [0.1, 0.15) is 19.3 Å². The molecule has 1 aliphatic heterocycles. The van der Waals surface area contributed by atoms with Gasteiger partial charge in [0.15, 0.2) is 5.03 Å². The fourth-order valence-electron chi connectivity index (χ4n) is 1.88. The van der Waals surface area contributed by atoms with E-state index in [1.54, 1.807) is 12.3 Å². The summed E-state index contributed by atoms with van der Waals surface area (Å²) in [6.45, 7) is 1.05. The molecule has 1 unspecified atom stereocenters. The molecular formula is C11H15N3O2S. The minimum absolute atomic E-state index is 0.105. The molecule has 1 atom stereocenters. The molecule has 1 aromatic heterocycles. The number of hydrogen-bond acceptors (Lipinski definition) is 5. The maximum absolute atomic E-state index is 10.8. The lowest BCUT2D eigenvalue weighted by Gasteiger charge is -2.22. The van der Waals surface area contributed by atoms with Crippen molar-refractivity contribution in [2.75, 3.05) is 12.3 Å². The van der Waals surface area contributed by atoms with E-state index in [0.29, 0.717) is 11.1 Å². The SMILES string of the molecule is O=[N+]([O-])c1cccnc1SCC1CCCCN1. The predicted octanol–water partition coefficient (Wildman–Crippen LogP) is 2.22. The minimum atomic E-state index is -0.371. The molecule has 0 aliphatic carbocycles. The Morgan fingerprint density at radius 1 is 1.59 bits per heavy atom. The molecule has 0 saturated carbocycles. The van der Waals surface area contributed by atoms with Crippen molar-refractivity contribution in [3.63, 3.8) is 0 Å². The highest BCUT2D eigenvalue weighted by atomic mass is 32.2. The maximum atomic E-state index is 10.8. The van der Waals surface area contributed by atoms with Crippen LogP contribution in [0.3, 0.4) is 0 Å². The van der Waals surface area contributed by atoms with Crippen molar-refractivity contribution in [3.05, 3.63) is 28.4 Å². The second kappa shape index (κ2) is 5.97. The average Bonchev–Trinajstić information content (AvgIpc) is 2.38. The zero-order valence-electron chi connectivity index (χ0n) is 9.46. The van der Waals surface area contributed by atoms with Gasteiger partial charge in [-0.25, -0.2) is 4.98 Å². The Morgan fingerprint density at radius 2 is 2.47 bits per heavy atom. The highest BCUT2D eigenvalue weighted by Crippen LogP contribution is 2.27. The summed E-state index contributed by atoms with van der Waals surface area (Å²) in [4.78, 5) is 14.5. The van der Waals surface area contributed by atoms with E-state index in [9.17, 15) is 10.1 Å². The van der Waals surface area contributed by atoms with E-state index in [2.05, 4.69) is 10.3 Å². The molecule has 5 nitrogen and oxygen atoms in total. The number of pyridine rings is 1. The standard InChI is InChI=1S/C11H15N3O2S/c15-14(16)10-5-3-7-13-11(10)17-8-9-4-1-2-6-12-9/h3,5,7,9,12H,1-2,4,6,8H2. The van der Waals surface area contributed by atoms with Gasteiger partial charge in [-0.2, -0.15) is 0 Å². The van der Waals surface area contributed by atoms with E-state index in [1.807, 2.05) is 0 Å². The molecule has 92 valence electrons. The van der Waals surface area contributed by atoms with E-state index in [-0.39, 0.29) is 10.6 Å². The van der Waals surface area contributed by atoms with Crippen LogP contribution in [0.15, 0.2) is 23.4 Å². The van der Waals surface area contributed by atoms with Crippen molar-refractivity contribution in [3.8, 4) is 0 Å². The Labute approximate surface area is 104 Å². The number of hydrogen-bond donors (Lipinski definition) is 1. The predicted molar refractivity (Wildman–Crippen MR) is 67.3 cm³/mol. The molecule has 1 N–H and O–H groups in total. The van der Waals surface area contributed by atoms with Gasteiger partial charge in [-0.15, -0.1) is 0 Å². The molecule has 1 aromatic rings. The zero-order chi connectivity index (χ0) is 12.1. The van der Waals surface area contributed by atoms with Crippen LogP contribution in [0, 0.1) is 10.1 Å². The van der Waals surface area contributed by atoms with E-state index in [0.717, 1.165) is 18.7 Å². The van der Waals surface area contributed by atoms with Gasteiger partial charge in [-0.3, -0.25) is 10.1 Å².